The van der Waals surface area contributed by atoms with Crippen LogP contribution in [0.25, 0.3) is 0 Å². The fraction of sp³-hybridized carbons (Fsp3) is 0.480. The van der Waals surface area contributed by atoms with E-state index in [0.29, 0.717) is 13.2 Å². The van der Waals surface area contributed by atoms with E-state index in [0.717, 1.165) is 52.4 Å². The molecule has 31 heavy (non-hydrogen) atoms. The van der Waals surface area contributed by atoms with Crippen molar-refractivity contribution in [2.75, 3.05) is 57.4 Å². The number of benzene rings is 2. The summed E-state index contributed by atoms with van der Waals surface area (Å²) in [6.45, 7) is 7.30. The summed E-state index contributed by atoms with van der Waals surface area (Å²) in [4.78, 5) is 17.6. The SMILES string of the molecule is O=C(NCCN1CCOCC1)[C@@H]1C[C@@]2(CO1)CN(Cc1ccccc1)c1ccccc12. The largest absolute Gasteiger partial charge is 0.379 e. The van der Waals surface area contributed by atoms with Gasteiger partial charge in [0, 0.05) is 50.4 Å². The minimum Gasteiger partial charge on any atom is -0.379 e. The molecule has 2 fully saturated rings. The highest BCUT2D eigenvalue weighted by Crippen LogP contribution is 2.47. The van der Waals surface area contributed by atoms with Crippen LogP contribution in [0.1, 0.15) is 17.5 Å². The number of morpholine rings is 1. The summed E-state index contributed by atoms with van der Waals surface area (Å²) in [5.74, 6) is 0.0177. The molecule has 0 radical (unpaired) electrons. The van der Waals surface area contributed by atoms with Crippen molar-refractivity contribution in [1.29, 1.82) is 0 Å². The lowest BCUT2D eigenvalue weighted by atomic mass is 9.80. The Kier molecular flexibility index (Phi) is 5.94. The first-order chi connectivity index (χ1) is 15.2. The van der Waals surface area contributed by atoms with Gasteiger partial charge in [-0.2, -0.15) is 0 Å². The number of nitrogens with one attached hydrogen (secondary N) is 1. The molecule has 3 aliphatic heterocycles. The third kappa shape index (κ3) is 4.33. The van der Waals surface area contributed by atoms with Gasteiger partial charge in [0.2, 0.25) is 5.91 Å². The van der Waals surface area contributed by atoms with Crippen molar-refractivity contribution < 1.29 is 14.3 Å². The van der Waals surface area contributed by atoms with Gasteiger partial charge >= 0.3 is 0 Å². The van der Waals surface area contributed by atoms with Crippen LogP contribution in [-0.2, 0) is 26.2 Å². The van der Waals surface area contributed by atoms with E-state index in [-0.39, 0.29) is 17.4 Å². The number of rotatable bonds is 6. The van der Waals surface area contributed by atoms with Gasteiger partial charge in [-0.1, -0.05) is 48.5 Å². The van der Waals surface area contributed by atoms with Crippen LogP contribution >= 0.6 is 0 Å². The monoisotopic (exact) mass is 421 g/mol. The quantitative estimate of drug-likeness (QED) is 0.775. The number of ether oxygens (including phenoxy) is 2. The van der Waals surface area contributed by atoms with Gasteiger partial charge in [-0.05, 0) is 23.6 Å². The van der Waals surface area contributed by atoms with E-state index in [1.54, 1.807) is 0 Å². The number of amides is 1. The number of para-hydroxylation sites is 1. The Morgan fingerprint density at radius 2 is 1.84 bits per heavy atom. The maximum atomic E-state index is 12.8. The summed E-state index contributed by atoms with van der Waals surface area (Å²) >= 11 is 0. The molecular formula is C25H31N3O3. The summed E-state index contributed by atoms with van der Waals surface area (Å²) in [5, 5.41) is 3.09. The van der Waals surface area contributed by atoms with E-state index in [9.17, 15) is 4.79 Å². The van der Waals surface area contributed by atoms with Crippen LogP contribution in [0.4, 0.5) is 5.69 Å². The predicted molar refractivity (Wildman–Crippen MR) is 120 cm³/mol. The highest BCUT2D eigenvalue weighted by atomic mass is 16.5. The minimum absolute atomic E-state index is 0.0177. The fourth-order valence-corrected chi connectivity index (χ4v) is 5.15. The van der Waals surface area contributed by atoms with Crippen molar-refractivity contribution >= 4 is 11.6 Å². The number of carbonyl (C=O) groups is 1. The van der Waals surface area contributed by atoms with Crippen LogP contribution in [0.15, 0.2) is 54.6 Å². The number of anilines is 1. The molecule has 0 aliphatic carbocycles. The molecule has 3 aliphatic rings. The molecule has 1 amide bonds. The standard InChI is InChI=1S/C25H31N3O3/c29-24(26-10-11-27-12-14-30-15-13-27)23-16-25(19-31-23)18-28(17-20-6-2-1-3-7-20)22-9-5-4-8-21(22)25/h1-9,23H,10-19H2,(H,26,29)/t23-,25-/m0/s1. The van der Waals surface area contributed by atoms with Gasteiger partial charge in [0.05, 0.1) is 19.8 Å². The van der Waals surface area contributed by atoms with Gasteiger partial charge in [0.25, 0.3) is 0 Å². The molecule has 0 aromatic heterocycles. The first-order valence-corrected chi connectivity index (χ1v) is 11.3. The lowest BCUT2D eigenvalue weighted by Gasteiger charge is -2.26. The van der Waals surface area contributed by atoms with Crippen molar-refractivity contribution in [1.82, 2.24) is 10.2 Å². The molecule has 0 unspecified atom stereocenters. The van der Waals surface area contributed by atoms with Crippen LogP contribution < -0.4 is 10.2 Å². The van der Waals surface area contributed by atoms with E-state index in [1.165, 1.54) is 16.8 Å². The lowest BCUT2D eigenvalue weighted by molar-refractivity contribution is -0.130. The van der Waals surface area contributed by atoms with E-state index in [4.69, 9.17) is 9.47 Å². The van der Waals surface area contributed by atoms with E-state index in [2.05, 4.69) is 69.7 Å². The smallest absolute Gasteiger partial charge is 0.249 e. The average molecular weight is 422 g/mol. The number of carbonyl (C=O) groups excluding carboxylic acids is 1. The first-order valence-electron chi connectivity index (χ1n) is 11.3. The van der Waals surface area contributed by atoms with Gasteiger partial charge < -0.3 is 19.7 Å². The maximum absolute atomic E-state index is 12.8. The second-order valence-electron chi connectivity index (χ2n) is 8.89. The van der Waals surface area contributed by atoms with Crippen molar-refractivity contribution in [3.63, 3.8) is 0 Å². The van der Waals surface area contributed by atoms with E-state index < -0.39 is 0 Å². The third-order valence-electron chi connectivity index (χ3n) is 6.79. The minimum atomic E-state index is -0.380. The molecule has 2 aromatic rings. The van der Waals surface area contributed by atoms with Crippen LogP contribution in [-0.4, -0.2) is 69.5 Å². The van der Waals surface area contributed by atoms with Gasteiger partial charge in [0.1, 0.15) is 6.10 Å². The Morgan fingerprint density at radius 3 is 2.68 bits per heavy atom. The highest BCUT2D eigenvalue weighted by molar-refractivity contribution is 5.81. The van der Waals surface area contributed by atoms with E-state index >= 15 is 0 Å². The molecule has 1 spiro atoms. The number of fused-ring (bicyclic) bond motifs is 2. The van der Waals surface area contributed by atoms with E-state index in [1.807, 2.05) is 0 Å². The molecule has 2 aromatic carbocycles. The molecule has 0 saturated carbocycles. The molecule has 5 rings (SSSR count). The average Bonchev–Trinajstić information content (AvgIpc) is 3.38. The molecule has 0 bridgehead atoms. The normalized spacial score (nSPS) is 25.7. The second kappa shape index (κ2) is 8.99. The number of hydrogen-bond donors (Lipinski definition) is 1. The van der Waals surface area contributed by atoms with Crippen LogP contribution in [0.3, 0.4) is 0 Å². The Labute approximate surface area is 184 Å². The predicted octanol–water partition coefficient (Wildman–Crippen LogP) is 2.18. The van der Waals surface area contributed by atoms with Crippen molar-refractivity contribution in [3.05, 3.63) is 65.7 Å². The second-order valence-corrected chi connectivity index (χ2v) is 8.89. The Bertz CT molecular complexity index is 900. The topological polar surface area (TPSA) is 54.0 Å². The highest BCUT2D eigenvalue weighted by Gasteiger charge is 2.50. The summed E-state index contributed by atoms with van der Waals surface area (Å²) in [6.07, 6.45) is 0.355. The lowest BCUT2D eigenvalue weighted by Crippen LogP contribution is -2.43. The van der Waals surface area contributed by atoms with Crippen molar-refractivity contribution in [2.45, 2.75) is 24.5 Å². The summed E-state index contributed by atoms with van der Waals surface area (Å²) < 4.78 is 11.5. The van der Waals surface area contributed by atoms with Gasteiger partial charge in [-0.15, -0.1) is 0 Å². The van der Waals surface area contributed by atoms with Gasteiger partial charge in [-0.25, -0.2) is 0 Å². The van der Waals surface area contributed by atoms with Crippen molar-refractivity contribution in [3.8, 4) is 0 Å². The van der Waals surface area contributed by atoms with Crippen LogP contribution in [0.2, 0.25) is 0 Å². The molecule has 6 nitrogen and oxygen atoms in total. The number of nitrogens with zero attached hydrogens (tertiary/aromatic N) is 2. The summed E-state index contributed by atoms with van der Waals surface area (Å²) in [7, 11) is 0. The number of hydrogen-bond acceptors (Lipinski definition) is 5. The van der Waals surface area contributed by atoms with Gasteiger partial charge in [0.15, 0.2) is 0 Å². The molecule has 1 N–H and O–H groups in total. The fourth-order valence-electron chi connectivity index (χ4n) is 5.15. The first kappa shape index (κ1) is 20.5. The Hall–Kier alpha value is -2.41. The van der Waals surface area contributed by atoms with Crippen molar-refractivity contribution in [2.24, 2.45) is 0 Å². The Balaban J connectivity index is 1.22. The van der Waals surface area contributed by atoms with Gasteiger partial charge in [-0.3, -0.25) is 9.69 Å². The molecule has 2 atom stereocenters. The molecule has 3 heterocycles. The third-order valence-corrected chi connectivity index (χ3v) is 6.79. The zero-order chi connectivity index (χ0) is 21.1. The summed E-state index contributed by atoms with van der Waals surface area (Å²) in [5.41, 5.74) is 3.76. The van der Waals surface area contributed by atoms with Crippen LogP contribution in [0.5, 0.6) is 0 Å². The molecule has 2 saturated heterocycles. The zero-order valence-corrected chi connectivity index (χ0v) is 18.0. The molecule has 164 valence electrons. The molecular weight excluding hydrogens is 390 g/mol. The zero-order valence-electron chi connectivity index (χ0n) is 18.0. The summed E-state index contributed by atoms with van der Waals surface area (Å²) in [6, 6.07) is 19.2. The Morgan fingerprint density at radius 1 is 1.06 bits per heavy atom. The maximum Gasteiger partial charge on any atom is 0.249 e. The molecule has 6 heteroatoms. The van der Waals surface area contributed by atoms with Crippen LogP contribution in [0, 0.1) is 0 Å².